The molecule has 0 atom stereocenters. The van der Waals surface area contributed by atoms with Crippen LogP contribution in [0.2, 0.25) is 0 Å². The molecule has 2 heterocycles. The maximum Gasteiger partial charge on any atom is 0.233 e. The van der Waals surface area contributed by atoms with Crippen LogP contribution in [0.15, 0.2) is 41.6 Å². The number of carbonyl (C=O) groups is 1. The van der Waals surface area contributed by atoms with Gasteiger partial charge in [0.25, 0.3) is 0 Å². The fraction of sp³-hybridized carbons (Fsp3) is 0.474. The highest BCUT2D eigenvalue weighted by Gasteiger charge is 2.21. The molecule has 140 valence electrons. The van der Waals surface area contributed by atoms with Crippen molar-refractivity contribution in [1.82, 2.24) is 19.4 Å². The van der Waals surface area contributed by atoms with Crippen LogP contribution >= 0.6 is 11.8 Å². The Morgan fingerprint density at radius 2 is 1.88 bits per heavy atom. The van der Waals surface area contributed by atoms with Crippen LogP contribution in [0, 0.1) is 5.82 Å². The van der Waals surface area contributed by atoms with Gasteiger partial charge in [-0.3, -0.25) is 9.69 Å². The number of halogens is 1. The molecule has 3 rings (SSSR count). The Bertz CT molecular complexity index is 711. The third-order valence-electron chi connectivity index (χ3n) is 4.68. The molecule has 26 heavy (non-hydrogen) atoms. The van der Waals surface area contributed by atoms with E-state index in [0.717, 1.165) is 56.4 Å². The van der Waals surface area contributed by atoms with Gasteiger partial charge in [0.1, 0.15) is 11.6 Å². The van der Waals surface area contributed by atoms with E-state index in [1.165, 1.54) is 23.9 Å². The van der Waals surface area contributed by atoms with Crippen molar-refractivity contribution in [2.75, 3.05) is 38.5 Å². The van der Waals surface area contributed by atoms with E-state index in [1.807, 2.05) is 17.3 Å². The lowest BCUT2D eigenvalue weighted by Gasteiger charge is -2.34. The van der Waals surface area contributed by atoms with Crippen molar-refractivity contribution in [2.24, 2.45) is 0 Å². The molecule has 1 aromatic heterocycles. The molecule has 1 saturated heterocycles. The summed E-state index contributed by atoms with van der Waals surface area (Å²) in [6, 6.07) is 6.28. The van der Waals surface area contributed by atoms with Gasteiger partial charge in [0.2, 0.25) is 5.91 Å². The molecule has 1 aliphatic heterocycles. The molecule has 0 aliphatic carbocycles. The Balaban J connectivity index is 1.38. The summed E-state index contributed by atoms with van der Waals surface area (Å²) in [5, 5.41) is 0. The number of amides is 1. The maximum atomic E-state index is 12.9. The largest absolute Gasteiger partial charge is 0.339 e. The topological polar surface area (TPSA) is 41.4 Å². The van der Waals surface area contributed by atoms with Crippen LogP contribution in [-0.2, 0) is 17.8 Å². The first kappa shape index (κ1) is 18.9. The molecule has 0 unspecified atom stereocenters. The predicted molar refractivity (Wildman–Crippen MR) is 102 cm³/mol. The smallest absolute Gasteiger partial charge is 0.233 e. The predicted octanol–water partition coefficient (Wildman–Crippen LogP) is 2.52. The third kappa shape index (κ3) is 5.08. The van der Waals surface area contributed by atoms with Crippen molar-refractivity contribution in [3.8, 4) is 0 Å². The van der Waals surface area contributed by atoms with E-state index >= 15 is 0 Å². The van der Waals surface area contributed by atoms with Gasteiger partial charge in [-0.25, -0.2) is 9.37 Å². The summed E-state index contributed by atoms with van der Waals surface area (Å²) >= 11 is 1.46. The van der Waals surface area contributed by atoms with Crippen molar-refractivity contribution < 1.29 is 9.18 Å². The molecule has 1 aliphatic rings. The number of hydrogen-bond acceptors (Lipinski definition) is 4. The van der Waals surface area contributed by atoms with E-state index in [0.29, 0.717) is 5.75 Å². The Labute approximate surface area is 158 Å². The second-order valence-electron chi connectivity index (χ2n) is 6.36. The number of imidazole rings is 1. The van der Waals surface area contributed by atoms with Gasteiger partial charge in [-0.2, -0.15) is 0 Å². The van der Waals surface area contributed by atoms with Crippen molar-refractivity contribution in [3.63, 3.8) is 0 Å². The van der Waals surface area contributed by atoms with Gasteiger partial charge in [0.15, 0.2) is 0 Å². The second kappa shape index (κ2) is 9.19. The monoisotopic (exact) mass is 376 g/mol. The first-order chi connectivity index (χ1) is 12.7. The molecule has 1 amide bonds. The molecule has 7 heteroatoms. The molecular weight excluding hydrogens is 351 g/mol. The third-order valence-corrected chi connectivity index (χ3v) is 5.67. The van der Waals surface area contributed by atoms with Crippen LogP contribution in [0.4, 0.5) is 4.39 Å². The van der Waals surface area contributed by atoms with Crippen LogP contribution in [0.1, 0.15) is 12.7 Å². The van der Waals surface area contributed by atoms with Gasteiger partial charge in [-0.15, -0.1) is 11.8 Å². The molecule has 5 nitrogen and oxygen atoms in total. The first-order valence-corrected chi connectivity index (χ1v) is 10.0. The van der Waals surface area contributed by atoms with Gasteiger partial charge in [-0.1, -0.05) is 6.92 Å². The minimum atomic E-state index is -0.251. The molecule has 0 radical (unpaired) electrons. The average molecular weight is 377 g/mol. The molecule has 1 aromatic carbocycles. The average Bonchev–Trinajstić information content (AvgIpc) is 3.13. The summed E-state index contributed by atoms with van der Waals surface area (Å²) in [7, 11) is 0. The molecule has 0 spiro atoms. The Hall–Kier alpha value is -1.86. The number of piperazine rings is 1. The molecule has 2 aromatic rings. The number of hydrogen-bond donors (Lipinski definition) is 0. The number of carbonyl (C=O) groups excluding carboxylic acids is 1. The van der Waals surface area contributed by atoms with E-state index in [4.69, 9.17) is 0 Å². The summed E-state index contributed by atoms with van der Waals surface area (Å²) in [4.78, 5) is 22.0. The SMILES string of the molecule is CCc1nccn1CCN1CCN(C(=O)CSc2ccc(F)cc2)CC1. The van der Waals surface area contributed by atoms with Crippen LogP contribution in [0.5, 0.6) is 0 Å². The summed E-state index contributed by atoms with van der Waals surface area (Å²) in [5.74, 6) is 1.43. The number of nitrogens with zero attached hydrogens (tertiary/aromatic N) is 4. The Morgan fingerprint density at radius 1 is 1.15 bits per heavy atom. The Kier molecular flexibility index (Phi) is 6.68. The van der Waals surface area contributed by atoms with E-state index in [9.17, 15) is 9.18 Å². The van der Waals surface area contributed by atoms with Crippen molar-refractivity contribution in [1.29, 1.82) is 0 Å². The molecule has 0 bridgehead atoms. The zero-order valence-electron chi connectivity index (χ0n) is 15.1. The summed E-state index contributed by atoms with van der Waals surface area (Å²) in [6.07, 6.45) is 4.83. The van der Waals surface area contributed by atoms with Gasteiger partial charge < -0.3 is 9.47 Å². The highest BCUT2D eigenvalue weighted by Crippen LogP contribution is 2.19. The molecule has 1 fully saturated rings. The van der Waals surface area contributed by atoms with Crippen LogP contribution < -0.4 is 0 Å². The maximum absolute atomic E-state index is 12.9. The number of benzene rings is 1. The van der Waals surface area contributed by atoms with Crippen LogP contribution in [0.3, 0.4) is 0 Å². The fourth-order valence-corrected chi connectivity index (χ4v) is 3.90. The number of aryl methyl sites for hydroxylation is 1. The van der Waals surface area contributed by atoms with E-state index < -0.39 is 0 Å². The quantitative estimate of drug-likeness (QED) is 0.697. The van der Waals surface area contributed by atoms with Gasteiger partial charge in [-0.05, 0) is 24.3 Å². The van der Waals surface area contributed by atoms with E-state index in [2.05, 4.69) is 21.4 Å². The number of rotatable bonds is 7. The van der Waals surface area contributed by atoms with E-state index in [-0.39, 0.29) is 11.7 Å². The lowest BCUT2D eigenvalue weighted by Crippen LogP contribution is -2.49. The van der Waals surface area contributed by atoms with Crippen LogP contribution in [-0.4, -0.2) is 63.7 Å². The van der Waals surface area contributed by atoms with Crippen molar-refractivity contribution >= 4 is 17.7 Å². The minimum absolute atomic E-state index is 0.154. The normalized spacial score (nSPS) is 15.4. The zero-order valence-corrected chi connectivity index (χ0v) is 15.9. The second-order valence-corrected chi connectivity index (χ2v) is 7.40. The summed E-state index contributed by atoms with van der Waals surface area (Å²) < 4.78 is 15.1. The Morgan fingerprint density at radius 3 is 2.58 bits per heavy atom. The molecule has 0 N–H and O–H groups in total. The first-order valence-electron chi connectivity index (χ1n) is 9.04. The fourth-order valence-electron chi connectivity index (χ4n) is 3.10. The van der Waals surface area contributed by atoms with Gasteiger partial charge >= 0.3 is 0 Å². The van der Waals surface area contributed by atoms with Crippen molar-refractivity contribution in [3.05, 3.63) is 48.3 Å². The lowest BCUT2D eigenvalue weighted by molar-refractivity contribution is -0.130. The highest BCUT2D eigenvalue weighted by atomic mass is 32.2. The lowest BCUT2D eigenvalue weighted by atomic mass is 10.3. The molecular formula is C19H25FN4OS. The zero-order chi connectivity index (χ0) is 18.4. The molecule has 0 saturated carbocycles. The summed E-state index contributed by atoms with van der Waals surface area (Å²) in [5.41, 5.74) is 0. The van der Waals surface area contributed by atoms with Gasteiger partial charge in [0, 0.05) is 63.0 Å². The highest BCUT2D eigenvalue weighted by molar-refractivity contribution is 8.00. The van der Waals surface area contributed by atoms with Gasteiger partial charge in [0.05, 0.1) is 5.75 Å². The minimum Gasteiger partial charge on any atom is -0.339 e. The van der Waals surface area contributed by atoms with Crippen LogP contribution in [0.25, 0.3) is 0 Å². The standard InChI is InChI=1S/C19H25FN4OS/c1-2-18-21-7-8-23(18)12-9-22-10-13-24(14-11-22)19(25)15-26-17-5-3-16(20)4-6-17/h3-8H,2,9-15H2,1H3. The van der Waals surface area contributed by atoms with Crippen molar-refractivity contribution in [2.45, 2.75) is 24.8 Å². The number of aromatic nitrogens is 2. The number of thioether (sulfide) groups is 1. The summed E-state index contributed by atoms with van der Waals surface area (Å²) in [6.45, 7) is 7.40. The van der Waals surface area contributed by atoms with E-state index in [1.54, 1.807) is 12.1 Å².